The number of nitrogens with zero attached hydrogens (tertiary/aromatic N) is 3. The van der Waals surface area contributed by atoms with Crippen molar-refractivity contribution < 1.29 is 4.79 Å². The lowest BCUT2D eigenvalue weighted by atomic mass is 9.89. The zero-order chi connectivity index (χ0) is 18.1. The van der Waals surface area contributed by atoms with Gasteiger partial charge < -0.3 is 5.73 Å². The minimum absolute atomic E-state index is 0.0990. The Hall–Kier alpha value is -1.76. The lowest BCUT2D eigenvalue weighted by Crippen LogP contribution is -2.30. The Kier molecular flexibility index (Phi) is 5.07. The third kappa shape index (κ3) is 3.68. The minimum Gasteiger partial charge on any atom is -0.330 e. The molecule has 1 aromatic carbocycles. The summed E-state index contributed by atoms with van der Waals surface area (Å²) in [4.78, 5) is 21.0. The molecule has 1 amide bonds. The van der Waals surface area contributed by atoms with Crippen LogP contribution in [0.5, 0.6) is 0 Å². The molecule has 0 spiro atoms. The van der Waals surface area contributed by atoms with Crippen molar-refractivity contribution in [1.82, 2.24) is 9.88 Å². The van der Waals surface area contributed by atoms with Gasteiger partial charge in [0.2, 0.25) is 5.91 Å². The van der Waals surface area contributed by atoms with E-state index in [2.05, 4.69) is 40.6 Å². The van der Waals surface area contributed by atoms with E-state index in [9.17, 15) is 4.79 Å². The molecule has 6 heteroatoms. The predicted octanol–water partition coefficient (Wildman–Crippen LogP) is 2.83. The molecule has 1 saturated heterocycles. The average molecular weight is 371 g/mol. The number of likely N-dealkylation sites (tertiary alicyclic amines) is 1. The van der Waals surface area contributed by atoms with Gasteiger partial charge in [0.15, 0.2) is 5.13 Å². The summed E-state index contributed by atoms with van der Waals surface area (Å²) in [6.45, 7) is 5.18. The Labute approximate surface area is 158 Å². The molecule has 2 aliphatic rings. The summed E-state index contributed by atoms with van der Waals surface area (Å²) in [5.41, 5.74) is 8.48. The molecule has 2 N–H and O–H groups in total. The summed E-state index contributed by atoms with van der Waals surface area (Å²) >= 11 is 1.58. The van der Waals surface area contributed by atoms with E-state index in [1.807, 2.05) is 4.90 Å². The first kappa shape index (κ1) is 17.6. The lowest BCUT2D eigenvalue weighted by molar-refractivity contribution is -0.116. The number of amides is 1. The molecule has 26 heavy (non-hydrogen) atoms. The highest BCUT2D eigenvalue weighted by Gasteiger charge is 2.35. The molecule has 2 atom stereocenters. The standard InChI is InChI=1S/C20H26N4OS/c1-14(25)24(18-7-8-18)20-22-17(13-26-20)11-23-10-16(9-21)19(12-23)15-5-3-2-4-6-15/h2-6,13,16,18-19H,7-12,21H2,1H3/t16-,19+/m1/s1. The smallest absolute Gasteiger partial charge is 0.225 e. The fourth-order valence-electron chi connectivity index (χ4n) is 4.00. The van der Waals surface area contributed by atoms with Crippen molar-refractivity contribution in [1.29, 1.82) is 0 Å². The second-order valence-corrected chi connectivity index (χ2v) is 8.29. The van der Waals surface area contributed by atoms with Gasteiger partial charge in [0.1, 0.15) is 0 Å². The van der Waals surface area contributed by atoms with Crippen LogP contribution in [0.2, 0.25) is 0 Å². The predicted molar refractivity (Wildman–Crippen MR) is 105 cm³/mol. The van der Waals surface area contributed by atoms with Gasteiger partial charge in [-0.3, -0.25) is 14.6 Å². The maximum absolute atomic E-state index is 11.9. The van der Waals surface area contributed by atoms with Gasteiger partial charge in [-0.15, -0.1) is 11.3 Å². The van der Waals surface area contributed by atoms with Gasteiger partial charge in [-0.2, -0.15) is 0 Å². The Balaban J connectivity index is 1.44. The molecule has 2 aromatic rings. The maximum Gasteiger partial charge on any atom is 0.225 e. The Morgan fingerprint density at radius 2 is 2.08 bits per heavy atom. The molecule has 2 fully saturated rings. The highest BCUT2D eigenvalue weighted by atomic mass is 32.1. The highest BCUT2D eigenvalue weighted by Crippen LogP contribution is 2.35. The summed E-state index contributed by atoms with van der Waals surface area (Å²) < 4.78 is 0. The van der Waals surface area contributed by atoms with Crippen molar-refractivity contribution in [3.8, 4) is 0 Å². The molecular formula is C20H26N4OS. The number of hydrogen-bond acceptors (Lipinski definition) is 5. The molecule has 5 nitrogen and oxygen atoms in total. The third-order valence-electron chi connectivity index (χ3n) is 5.43. The van der Waals surface area contributed by atoms with Crippen molar-refractivity contribution >= 4 is 22.4 Å². The van der Waals surface area contributed by atoms with Crippen LogP contribution in [0.3, 0.4) is 0 Å². The van der Waals surface area contributed by atoms with Crippen LogP contribution in [0.4, 0.5) is 5.13 Å². The van der Waals surface area contributed by atoms with E-state index in [-0.39, 0.29) is 5.91 Å². The van der Waals surface area contributed by atoms with E-state index < -0.39 is 0 Å². The number of carbonyl (C=O) groups excluding carboxylic acids is 1. The van der Waals surface area contributed by atoms with E-state index in [0.717, 1.165) is 43.3 Å². The van der Waals surface area contributed by atoms with Gasteiger partial charge in [0, 0.05) is 43.9 Å². The number of thiazole rings is 1. The molecule has 1 aliphatic carbocycles. The molecule has 1 aliphatic heterocycles. The number of carbonyl (C=O) groups is 1. The summed E-state index contributed by atoms with van der Waals surface area (Å²) in [5.74, 6) is 1.07. The number of nitrogens with two attached hydrogens (primary N) is 1. The van der Waals surface area contributed by atoms with Crippen LogP contribution in [0.1, 0.15) is 36.9 Å². The number of rotatable bonds is 6. The van der Waals surface area contributed by atoms with Gasteiger partial charge in [-0.25, -0.2) is 4.98 Å². The summed E-state index contributed by atoms with van der Waals surface area (Å²) in [5, 5.41) is 2.95. The van der Waals surface area contributed by atoms with Crippen LogP contribution in [0.25, 0.3) is 0 Å². The minimum atomic E-state index is 0.0990. The molecule has 0 radical (unpaired) electrons. The SMILES string of the molecule is CC(=O)N(c1nc(CN2C[C@@H](CN)[C@H](c3ccccc3)C2)cs1)C1CC1. The molecule has 138 valence electrons. The molecule has 0 bridgehead atoms. The first-order chi connectivity index (χ1) is 12.7. The number of anilines is 1. The number of aromatic nitrogens is 1. The third-order valence-corrected chi connectivity index (χ3v) is 6.32. The van der Waals surface area contributed by atoms with E-state index >= 15 is 0 Å². The van der Waals surface area contributed by atoms with Crippen molar-refractivity contribution in [2.45, 2.75) is 38.3 Å². The van der Waals surface area contributed by atoms with Crippen LogP contribution in [0, 0.1) is 5.92 Å². The zero-order valence-electron chi connectivity index (χ0n) is 15.2. The number of benzene rings is 1. The fourth-order valence-corrected chi connectivity index (χ4v) is 4.93. The van der Waals surface area contributed by atoms with Crippen molar-refractivity contribution in [3.63, 3.8) is 0 Å². The Morgan fingerprint density at radius 1 is 1.31 bits per heavy atom. The van der Waals surface area contributed by atoms with Gasteiger partial charge in [0.05, 0.1) is 5.69 Å². The summed E-state index contributed by atoms with van der Waals surface area (Å²) in [7, 11) is 0. The normalized spacial score (nSPS) is 23.3. The molecular weight excluding hydrogens is 344 g/mol. The molecule has 1 saturated carbocycles. The van der Waals surface area contributed by atoms with Crippen LogP contribution in [-0.4, -0.2) is 41.5 Å². The van der Waals surface area contributed by atoms with Crippen molar-refractivity contribution in [2.24, 2.45) is 11.7 Å². The fraction of sp³-hybridized carbons (Fsp3) is 0.500. The van der Waals surface area contributed by atoms with Gasteiger partial charge in [0.25, 0.3) is 0 Å². The second-order valence-electron chi connectivity index (χ2n) is 7.45. The molecule has 4 rings (SSSR count). The van der Waals surface area contributed by atoms with Crippen molar-refractivity contribution in [3.05, 3.63) is 47.0 Å². The largest absolute Gasteiger partial charge is 0.330 e. The van der Waals surface area contributed by atoms with Crippen LogP contribution in [0.15, 0.2) is 35.7 Å². The zero-order valence-corrected chi connectivity index (χ0v) is 16.0. The first-order valence-electron chi connectivity index (χ1n) is 9.37. The second kappa shape index (κ2) is 7.47. The first-order valence-corrected chi connectivity index (χ1v) is 10.2. The van der Waals surface area contributed by atoms with Gasteiger partial charge >= 0.3 is 0 Å². The van der Waals surface area contributed by atoms with E-state index in [1.54, 1.807) is 18.3 Å². The van der Waals surface area contributed by atoms with E-state index in [4.69, 9.17) is 10.7 Å². The van der Waals surface area contributed by atoms with Crippen molar-refractivity contribution in [2.75, 3.05) is 24.5 Å². The average Bonchev–Trinajstić information content (AvgIpc) is 3.22. The molecule has 2 heterocycles. The highest BCUT2D eigenvalue weighted by molar-refractivity contribution is 7.14. The van der Waals surface area contributed by atoms with Gasteiger partial charge in [-0.1, -0.05) is 30.3 Å². The maximum atomic E-state index is 11.9. The number of hydrogen-bond donors (Lipinski definition) is 1. The van der Waals surface area contributed by atoms with E-state index in [1.165, 1.54) is 5.56 Å². The summed E-state index contributed by atoms with van der Waals surface area (Å²) in [6, 6.07) is 11.0. The summed E-state index contributed by atoms with van der Waals surface area (Å²) in [6.07, 6.45) is 2.19. The lowest BCUT2D eigenvalue weighted by Gasteiger charge is -2.17. The van der Waals surface area contributed by atoms with Crippen LogP contribution >= 0.6 is 11.3 Å². The Morgan fingerprint density at radius 3 is 2.73 bits per heavy atom. The van der Waals surface area contributed by atoms with Gasteiger partial charge in [-0.05, 0) is 30.9 Å². The van der Waals surface area contributed by atoms with E-state index in [0.29, 0.717) is 24.4 Å². The quantitative estimate of drug-likeness (QED) is 0.849. The van der Waals surface area contributed by atoms with Crippen LogP contribution in [-0.2, 0) is 11.3 Å². The van der Waals surface area contributed by atoms with Crippen LogP contribution < -0.4 is 10.6 Å². The molecule has 0 unspecified atom stereocenters. The Bertz CT molecular complexity index is 758. The monoisotopic (exact) mass is 370 g/mol. The molecule has 1 aromatic heterocycles. The topological polar surface area (TPSA) is 62.5 Å².